The number of thiocarbonyl (C=S) groups is 1. The molecule has 0 fully saturated rings. The Balaban J connectivity index is 1.99. The Labute approximate surface area is 159 Å². The Morgan fingerprint density at radius 3 is 2.27 bits per heavy atom. The van der Waals surface area contributed by atoms with Crippen LogP contribution >= 0.6 is 12.2 Å². The first-order chi connectivity index (χ1) is 12.5. The summed E-state index contributed by atoms with van der Waals surface area (Å²) in [5.41, 5.74) is 2.01. The van der Waals surface area contributed by atoms with E-state index in [0.717, 1.165) is 13.1 Å². The number of anilines is 1. The minimum atomic E-state index is -0.422. The standard InChI is InChI=1S/C19H24N4O2S/c1-3-22(4-2)18(15-8-6-5-7-9-15)14-20-19(26)21-16-10-12-17(13-11-16)23(24)25/h5-13,18H,3-4,14H2,1-2H3,(H2,20,21,26)/t18-/m1/s1. The van der Waals surface area contributed by atoms with Crippen molar-refractivity contribution in [2.24, 2.45) is 0 Å². The predicted molar refractivity (Wildman–Crippen MR) is 109 cm³/mol. The second-order valence-corrected chi connectivity index (χ2v) is 6.19. The lowest BCUT2D eigenvalue weighted by Crippen LogP contribution is -2.39. The van der Waals surface area contributed by atoms with Gasteiger partial charge < -0.3 is 10.6 Å². The molecule has 7 heteroatoms. The summed E-state index contributed by atoms with van der Waals surface area (Å²) in [5, 5.41) is 17.5. The van der Waals surface area contributed by atoms with Gasteiger partial charge in [-0.05, 0) is 43.0 Å². The van der Waals surface area contributed by atoms with E-state index in [1.165, 1.54) is 17.7 Å². The highest BCUT2D eigenvalue weighted by atomic mass is 32.1. The highest BCUT2D eigenvalue weighted by Crippen LogP contribution is 2.20. The van der Waals surface area contributed by atoms with E-state index in [4.69, 9.17) is 12.2 Å². The molecule has 6 nitrogen and oxygen atoms in total. The highest BCUT2D eigenvalue weighted by Gasteiger charge is 2.18. The maximum absolute atomic E-state index is 10.7. The summed E-state index contributed by atoms with van der Waals surface area (Å²) < 4.78 is 0. The molecule has 26 heavy (non-hydrogen) atoms. The molecule has 0 aliphatic heterocycles. The van der Waals surface area contributed by atoms with Crippen molar-refractivity contribution in [3.8, 4) is 0 Å². The zero-order valence-electron chi connectivity index (χ0n) is 15.0. The van der Waals surface area contributed by atoms with Crippen LogP contribution in [0.4, 0.5) is 11.4 Å². The third-order valence-corrected chi connectivity index (χ3v) is 4.48. The number of likely N-dealkylation sites (N-methyl/N-ethyl adjacent to an activating group) is 1. The topological polar surface area (TPSA) is 70.4 Å². The van der Waals surface area contributed by atoms with Crippen molar-refractivity contribution in [1.82, 2.24) is 10.2 Å². The van der Waals surface area contributed by atoms with Gasteiger partial charge in [0.15, 0.2) is 5.11 Å². The Morgan fingerprint density at radius 1 is 1.12 bits per heavy atom. The molecule has 0 saturated carbocycles. The summed E-state index contributed by atoms with van der Waals surface area (Å²) in [6.45, 7) is 6.85. The molecule has 0 saturated heterocycles. The molecule has 0 aliphatic carbocycles. The molecule has 0 radical (unpaired) electrons. The van der Waals surface area contributed by atoms with E-state index in [2.05, 4.69) is 41.5 Å². The van der Waals surface area contributed by atoms with Crippen LogP contribution in [0.2, 0.25) is 0 Å². The first-order valence-electron chi connectivity index (χ1n) is 8.63. The van der Waals surface area contributed by atoms with Crippen molar-refractivity contribution in [1.29, 1.82) is 0 Å². The molecule has 0 aromatic heterocycles. The lowest BCUT2D eigenvalue weighted by atomic mass is 10.1. The Bertz CT molecular complexity index is 718. The largest absolute Gasteiger partial charge is 0.361 e. The zero-order chi connectivity index (χ0) is 18.9. The van der Waals surface area contributed by atoms with Gasteiger partial charge in [-0.2, -0.15) is 0 Å². The van der Waals surface area contributed by atoms with Crippen LogP contribution in [-0.4, -0.2) is 34.6 Å². The lowest BCUT2D eigenvalue weighted by Gasteiger charge is -2.30. The summed E-state index contributed by atoms with van der Waals surface area (Å²) >= 11 is 5.37. The monoisotopic (exact) mass is 372 g/mol. The van der Waals surface area contributed by atoms with Crippen molar-refractivity contribution >= 4 is 28.7 Å². The molecule has 2 aromatic rings. The smallest absolute Gasteiger partial charge is 0.269 e. The van der Waals surface area contributed by atoms with E-state index in [1.807, 2.05) is 18.2 Å². The van der Waals surface area contributed by atoms with E-state index in [-0.39, 0.29) is 11.7 Å². The van der Waals surface area contributed by atoms with Gasteiger partial charge in [-0.3, -0.25) is 15.0 Å². The molecular weight excluding hydrogens is 348 g/mol. The normalized spacial score (nSPS) is 11.8. The fourth-order valence-electron chi connectivity index (χ4n) is 2.83. The third-order valence-electron chi connectivity index (χ3n) is 4.23. The fraction of sp³-hybridized carbons (Fsp3) is 0.316. The van der Waals surface area contributed by atoms with Gasteiger partial charge in [0.1, 0.15) is 0 Å². The van der Waals surface area contributed by atoms with E-state index in [9.17, 15) is 10.1 Å². The molecule has 2 N–H and O–H groups in total. The molecule has 0 bridgehead atoms. The predicted octanol–water partition coefficient (Wildman–Crippen LogP) is 3.96. The van der Waals surface area contributed by atoms with Gasteiger partial charge in [-0.15, -0.1) is 0 Å². The zero-order valence-corrected chi connectivity index (χ0v) is 15.8. The van der Waals surface area contributed by atoms with E-state index in [1.54, 1.807) is 12.1 Å². The Hall–Kier alpha value is -2.51. The maximum atomic E-state index is 10.7. The van der Waals surface area contributed by atoms with Gasteiger partial charge in [-0.1, -0.05) is 44.2 Å². The number of hydrogen-bond acceptors (Lipinski definition) is 4. The van der Waals surface area contributed by atoms with Crippen LogP contribution in [-0.2, 0) is 0 Å². The lowest BCUT2D eigenvalue weighted by molar-refractivity contribution is -0.384. The average molecular weight is 372 g/mol. The van der Waals surface area contributed by atoms with E-state index >= 15 is 0 Å². The van der Waals surface area contributed by atoms with Crippen LogP contribution in [0, 0.1) is 10.1 Å². The molecule has 0 amide bonds. The van der Waals surface area contributed by atoms with Crippen molar-refractivity contribution in [3.05, 3.63) is 70.3 Å². The molecular formula is C19H24N4O2S. The highest BCUT2D eigenvalue weighted by molar-refractivity contribution is 7.80. The summed E-state index contributed by atoms with van der Waals surface area (Å²) in [5.74, 6) is 0. The molecule has 0 spiro atoms. The van der Waals surface area contributed by atoms with Gasteiger partial charge in [-0.25, -0.2) is 0 Å². The van der Waals surface area contributed by atoms with Gasteiger partial charge in [0, 0.05) is 24.4 Å². The van der Waals surface area contributed by atoms with Crippen LogP contribution < -0.4 is 10.6 Å². The third kappa shape index (κ3) is 5.50. The first kappa shape index (κ1) is 19.8. The molecule has 138 valence electrons. The number of nitro benzene ring substituents is 1. The summed E-state index contributed by atoms with van der Waals surface area (Å²) in [7, 11) is 0. The first-order valence-corrected chi connectivity index (χ1v) is 9.04. The number of hydrogen-bond donors (Lipinski definition) is 2. The van der Waals surface area contributed by atoms with Crippen LogP contribution in [0.15, 0.2) is 54.6 Å². The number of nitro groups is 1. The number of nitrogens with zero attached hydrogens (tertiary/aromatic N) is 2. The Kier molecular flexibility index (Phi) is 7.50. The average Bonchev–Trinajstić information content (AvgIpc) is 2.66. The van der Waals surface area contributed by atoms with Gasteiger partial charge in [0.2, 0.25) is 0 Å². The second-order valence-electron chi connectivity index (χ2n) is 5.79. The van der Waals surface area contributed by atoms with Crippen molar-refractivity contribution < 1.29 is 4.92 Å². The fourth-order valence-corrected chi connectivity index (χ4v) is 3.03. The van der Waals surface area contributed by atoms with Gasteiger partial charge in [0.05, 0.1) is 11.0 Å². The number of nitrogens with one attached hydrogen (secondary N) is 2. The summed E-state index contributed by atoms with van der Waals surface area (Å²) in [4.78, 5) is 12.7. The molecule has 1 atom stereocenters. The molecule has 0 unspecified atom stereocenters. The molecule has 0 aliphatic rings. The molecule has 2 aromatic carbocycles. The van der Waals surface area contributed by atoms with Crippen LogP contribution in [0.5, 0.6) is 0 Å². The summed E-state index contributed by atoms with van der Waals surface area (Å²) in [6.07, 6.45) is 0. The van der Waals surface area contributed by atoms with E-state index in [0.29, 0.717) is 17.3 Å². The molecule has 0 heterocycles. The summed E-state index contributed by atoms with van der Waals surface area (Å²) in [6, 6.07) is 16.7. The van der Waals surface area contributed by atoms with Crippen LogP contribution in [0.1, 0.15) is 25.5 Å². The second kappa shape index (κ2) is 9.84. The van der Waals surface area contributed by atoms with Gasteiger partial charge in [0.25, 0.3) is 5.69 Å². The molecule has 2 rings (SSSR count). The maximum Gasteiger partial charge on any atom is 0.269 e. The van der Waals surface area contributed by atoms with Gasteiger partial charge >= 0.3 is 0 Å². The quantitative estimate of drug-likeness (QED) is 0.415. The minimum Gasteiger partial charge on any atom is -0.361 e. The van der Waals surface area contributed by atoms with Crippen molar-refractivity contribution in [2.45, 2.75) is 19.9 Å². The van der Waals surface area contributed by atoms with Crippen LogP contribution in [0.25, 0.3) is 0 Å². The Morgan fingerprint density at radius 2 is 1.73 bits per heavy atom. The number of non-ortho nitro benzene ring substituents is 1. The van der Waals surface area contributed by atoms with Crippen LogP contribution in [0.3, 0.4) is 0 Å². The van der Waals surface area contributed by atoms with Crippen molar-refractivity contribution in [3.63, 3.8) is 0 Å². The number of rotatable bonds is 8. The van der Waals surface area contributed by atoms with Crippen molar-refractivity contribution in [2.75, 3.05) is 25.0 Å². The SMILES string of the molecule is CCN(CC)[C@H](CNC(=S)Nc1ccc([N+](=O)[O-])cc1)c1ccccc1. The van der Waals surface area contributed by atoms with E-state index < -0.39 is 4.92 Å². The minimum absolute atomic E-state index is 0.0557. The number of benzene rings is 2.